The lowest BCUT2D eigenvalue weighted by atomic mass is 9.80. The van der Waals surface area contributed by atoms with E-state index in [4.69, 9.17) is 0 Å². The molecule has 4 rings (SSSR count). The molecule has 3 amide bonds. The number of aromatic nitrogens is 1. The molecule has 0 radical (unpaired) electrons. The number of carbonyl (C=O) groups excluding carboxylic acids is 2. The molecule has 6 heteroatoms. The molecule has 1 aliphatic heterocycles. The van der Waals surface area contributed by atoms with Gasteiger partial charge in [0, 0.05) is 47.7 Å². The number of urea groups is 1. The summed E-state index contributed by atoms with van der Waals surface area (Å²) in [4.78, 5) is 33.2. The van der Waals surface area contributed by atoms with Crippen LogP contribution in [-0.4, -0.2) is 51.9 Å². The highest BCUT2D eigenvalue weighted by Crippen LogP contribution is 2.35. The van der Waals surface area contributed by atoms with Crippen molar-refractivity contribution in [3.05, 3.63) is 35.5 Å². The molecule has 2 aromatic rings. The summed E-state index contributed by atoms with van der Waals surface area (Å²) < 4.78 is 0. The fourth-order valence-electron chi connectivity index (χ4n) is 5.36. The Bertz CT molecular complexity index is 981. The number of nitrogens with zero attached hydrogens (tertiary/aromatic N) is 2. The van der Waals surface area contributed by atoms with Gasteiger partial charge in [-0.15, -0.1) is 0 Å². The molecule has 0 bridgehead atoms. The SMILES string of the molecule is C[C@@H]1Cc2c([nH]c3ccccc23)CN1C(=O)C1CCC(CN(C)C(=O)NC(C)(C)C)CC1. The molecular weight excluding hydrogens is 400 g/mol. The zero-order valence-electron chi connectivity index (χ0n) is 20.2. The van der Waals surface area contributed by atoms with Crippen molar-refractivity contribution in [1.82, 2.24) is 20.1 Å². The second-order valence-corrected chi connectivity index (χ2v) is 10.9. The van der Waals surface area contributed by atoms with Gasteiger partial charge in [-0.05, 0) is 77.3 Å². The van der Waals surface area contributed by atoms with E-state index in [-0.39, 0.29) is 23.5 Å². The molecule has 1 aliphatic carbocycles. The van der Waals surface area contributed by atoms with E-state index in [1.807, 2.05) is 27.8 Å². The molecule has 1 atom stereocenters. The minimum Gasteiger partial charge on any atom is -0.357 e. The Morgan fingerprint density at radius 2 is 1.84 bits per heavy atom. The summed E-state index contributed by atoms with van der Waals surface area (Å²) in [5, 5.41) is 4.32. The Morgan fingerprint density at radius 1 is 1.16 bits per heavy atom. The highest BCUT2D eigenvalue weighted by Gasteiger charge is 2.35. The second kappa shape index (κ2) is 8.80. The third kappa shape index (κ3) is 4.79. The van der Waals surface area contributed by atoms with Gasteiger partial charge in [0.05, 0.1) is 6.54 Å². The van der Waals surface area contributed by atoms with Crippen molar-refractivity contribution < 1.29 is 9.59 Å². The highest BCUT2D eigenvalue weighted by molar-refractivity contribution is 5.86. The first-order valence-corrected chi connectivity index (χ1v) is 12.0. The maximum absolute atomic E-state index is 13.4. The predicted molar refractivity (Wildman–Crippen MR) is 128 cm³/mol. The van der Waals surface area contributed by atoms with E-state index in [0.29, 0.717) is 18.4 Å². The van der Waals surface area contributed by atoms with E-state index in [1.165, 1.54) is 22.2 Å². The number of carbonyl (C=O) groups is 2. The van der Waals surface area contributed by atoms with Crippen molar-refractivity contribution in [1.29, 1.82) is 0 Å². The van der Waals surface area contributed by atoms with Crippen molar-refractivity contribution in [2.24, 2.45) is 11.8 Å². The monoisotopic (exact) mass is 438 g/mol. The number of hydrogen-bond donors (Lipinski definition) is 2. The minimum atomic E-state index is -0.231. The molecule has 1 fully saturated rings. The molecule has 2 N–H and O–H groups in total. The first-order chi connectivity index (χ1) is 15.1. The smallest absolute Gasteiger partial charge is 0.317 e. The van der Waals surface area contributed by atoms with Gasteiger partial charge in [-0.3, -0.25) is 4.79 Å². The van der Waals surface area contributed by atoms with Crippen LogP contribution >= 0.6 is 0 Å². The second-order valence-electron chi connectivity index (χ2n) is 10.9. The van der Waals surface area contributed by atoms with E-state index in [0.717, 1.165) is 38.6 Å². The number of para-hydroxylation sites is 1. The van der Waals surface area contributed by atoms with E-state index in [2.05, 4.69) is 46.4 Å². The first-order valence-electron chi connectivity index (χ1n) is 12.0. The average molecular weight is 439 g/mol. The topological polar surface area (TPSA) is 68.4 Å². The van der Waals surface area contributed by atoms with Gasteiger partial charge < -0.3 is 20.1 Å². The van der Waals surface area contributed by atoms with Gasteiger partial charge in [0.15, 0.2) is 0 Å². The molecule has 0 saturated heterocycles. The van der Waals surface area contributed by atoms with E-state index in [9.17, 15) is 9.59 Å². The van der Waals surface area contributed by atoms with E-state index in [1.54, 1.807) is 4.90 Å². The van der Waals surface area contributed by atoms with Crippen LogP contribution in [0.2, 0.25) is 0 Å². The minimum absolute atomic E-state index is 0.0213. The lowest BCUT2D eigenvalue weighted by Gasteiger charge is -2.38. The molecule has 32 heavy (non-hydrogen) atoms. The summed E-state index contributed by atoms with van der Waals surface area (Å²) in [5.74, 6) is 0.876. The van der Waals surface area contributed by atoms with Gasteiger partial charge in [0.1, 0.15) is 0 Å². The van der Waals surface area contributed by atoms with Crippen LogP contribution in [0, 0.1) is 11.8 Å². The van der Waals surface area contributed by atoms with Gasteiger partial charge in [-0.25, -0.2) is 4.79 Å². The zero-order valence-corrected chi connectivity index (χ0v) is 20.2. The van der Waals surface area contributed by atoms with Crippen molar-refractivity contribution >= 4 is 22.8 Å². The number of hydrogen-bond acceptors (Lipinski definition) is 2. The standard InChI is InChI=1S/C26H38N4O2/c1-17-14-21-20-8-6-7-9-22(20)27-23(21)16-30(17)24(31)19-12-10-18(11-13-19)15-29(5)25(32)28-26(2,3)4/h6-9,17-19,27H,10-16H2,1-5H3,(H,28,32)/t17-,18?,19?/m1/s1. The molecule has 2 heterocycles. The fraction of sp³-hybridized carbons (Fsp3) is 0.615. The van der Waals surface area contributed by atoms with Gasteiger partial charge in [-0.2, -0.15) is 0 Å². The Kier molecular flexibility index (Phi) is 6.24. The number of rotatable bonds is 3. The summed E-state index contributed by atoms with van der Waals surface area (Å²) in [6.45, 7) is 9.60. The van der Waals surface area contributed by atoms with Crippen LogP contribution in [-0.2, 0) is 17.8 Å². The number of fused-ring (bicyclic) bond motifs is 3. The van der Waals surface area contributed by atoms with Crippen LogP contribution in [0.15, 0.2) is 24.3 Å². The van der Waals surface area contributed by atoms with Crippen LogP contribution < -0.4 is 5.32 Å². The number of amides is 3. The van der Waals surface area contributed by atoms with Crippen LogP contribution in [0.25, 0.3) is 10.9 Å². The fourth-order valence-corrected chi connectivity index (χ4v) is 5.36. The average Bonchev–Trinajstić information content (AvgIpc) is 3.09. The third-order valence-electron chi connectivity index (χ3n) is 7.10. The van der Waals surface area contributed by atoms with Gasteiger partial charge in [0.2, 0.25) is 5.91 Å². The normalized spacial score (nSPS) is 23.7. The van der Waals surface area contributed by atoms with Crippen molar-refractivity contribution in [2.45, 2.75) is 77.9 Å². The lowest BCUT2D eigenvalue weighted by Crippen LogP contribution is -2.49. The molecular formula is C26H38N4O2. The van der Waals surface area contributed by atoms with Crippen molar-refractivity contribution in [2.75, 3.05) is 13.6 Å². The molecule has 174 valence electrons. The quantitative estimate of drug-likeness (QED) is 0.730. The van der Waals surface area contributed by atoms with Gasteiger partial charge >= 0.3 is 6.03 Å². The van der Waals surface area contributed by atoms with Crippen molar-refractivity contribution in [3.63, 3.8) is 0 Å². The maximum atomic E-state index is 13.4. The first kappa shape index (κ1) is 22.7. The largest absolute Gasteiger partial charge is 0.357 e. The molecule has 1 aromatic carbocycles. The lowest BCUT2D eigenvalue weighted by molar-refractivity contribution is -0.140. The van der Waals surface area contributed by atoms with Crippen LogP contribution in [0.3, 0.4) is 0 Å². The molecule has 2 aliphatic rings. The van der Waals surface area contributed by atoms with E-state index < -0.39 is 0 Å². The Morgan fingerprint density at radius 3 is 2.53 bits per heavy atom. The molecule has 1 aromatic heterocycles. The number of aromatic amines is 1. The Balaban J connectivity index is 1.33. The maximum Gasteiger partial charge on any atom is 0.317 e. The molecule has 0 unspecified atom stereocenters. The van der Waals surface area contributed by atoms with Crippen LogP contribution in [0.5, 0.6) is 0 Å². The summed E-state index contributed by atoms with van der Waals surface area (Å²) in [6, 6.07) is 8.63. The molecule has 6 nitrogen and oxygen atoms in total. The molecule has 1 saturated carbocycles. The number of nitrogens with one attached hydrogen (secondary N) is 2. The molecule has 0 spiro atoms. The van der Waals surface area contributed by atoms with Crippen LogP contribution in [0.4, 0.5) is 4.79 Å². The Labute approximate surface area is 191 Å². The summed E-state index contributed by atoms with van der Waals surface area (Å²) >= 11 is 0. The van der Waals surface area contributed by atoms with Gasteiger partial charge in [-0.1, -0.05) is 18.2 Å². The van der Waals surface area contributed by atoms with Crippen LogP contribution in [0.1, 0.15) is 64.6 Å². The summed E-state index contributed by atoms with van der Waals surface area (Å²) in [7, 11) is 1.87. The summed E-state index contributed by atoms with van der Waals surface area (Å²) in [5.41, 5.74) is 3.50. The van der Waals surface area contributed by atoms with E-state index >= 15 is 0 Å². The highest BCUT2D eigenvalue weighted by atomic mass is 16.2. The predicted octanol–water partition coefficient (Wildman–Crippen LogP) is 4.69. The van der Waals surface area contributed by atoms with Crippen molar-refractivity contribution in [3.8, 4) is 0 Å². The zero-order chi connectivity index (χ0) is 23.0. The van der Waals surface area contributed by atoms with Gasteiger partial charge in [0.25, 0.3) is 0 Å². The third-order valence-corrected chi connectivity index (χ3v) is 7.10. The number of H-pyrrole nitrogens is 1. The summed E-state index contributed by atoms with van der Waals surface area (Å²) in [6.07, 6.45) is 4.75. The Hall–Kier alpha value is -2.50. The number of benzene rings is 1.